The highest BCUT2D eigenvalue weighted by Crippen LogP contribution is 2.23. The van der Waals surface area contributed by atoms with Crippen molar-refractivity contribution in [2.75, 3.05) is 5.32 Å². The van der Waals surface area contributed by atoms with E-state index in [0.717, 1.165) is 32.6 Å². The zero-order valence-corrected chi connectivity index (χ0v) is 17.7. The highest BCUT2D eigenvalue weighted by molar-refractivity contribution is 7.09. The number of rotatable bonds is 5. The van der Waals surface area contributed by atoms with Crippen molar-refractivity contribution in [2.45, 2.75) is 20.0 Å². The number of amides is 2. The smallest absolute Gasteiger partial charge is 0.315 e. The van der Waals surface area contributed by atoms with Crippen LogP contribution in [0.2, 0.25) is 0 Å². The number of carbonyl (C=O) groups is 1. The second-order valence-electron chi connectivity index (χ2n) is 7.38. The highest BCUT2D eigenvalue weighted by Gasteiger charge is 2.19. The van der Waals surface area contributed by atoms with Crippen LogP contribution in [0.15, 0.2) is 72.1 Å². The number of aromatic nitrogens is 4. The Morgan fingerprint density at radius 3 is 2.74 bits per heavy atom. The van der Waals surface area contributed by atoms with Crippen LogP contribution in [0.25, 0.3) is 16.6 Å². The number of hydrogen-bond acceptors (Lipinski definition) is 5. The summed E-state index contributed by atoms with van der Waals surface area (Å²) in [5.41, 5.74) is 4.39. The molecule has 0 aliphatic heterocycles. The molecule has 0 spiro atoms. The molecular formula is C23H20N6OS. The quantitative estimate of drug-likeness (QED) is 0.433. The number of nitrogens with zero attached hydrogens (tertiary/aromatic N) is 5. The summed E-state index contributed by atoms with van der Waals surface area (Å²) in [5.74, 6) is 0. The van der Waals surface area contributed by atoms with Gasteiger partial charge in [0.25, 0.3) is 0 Å². The summed E-state index contributed by atoms with van der Waals surface area (Å²) in [7, 11) is 0. The summed E-state index contributed by atoms with van der Waals surface area (Å²) in [6.07, 6.45) is 0. The minimum absolute atomic E-state index is 0.172. The van der Waals surface area contributed by atoms with Gasteiger partial charge in [0.2, 0.25) is 0 Å². The number of pyridine rings is 1. The third-order valence-electron chi connectivity index (χ3n) is 5.10. The average molecular weight is 429 g/mol. The molecule has 2 aromatic carbocycles. The molecule has 5 rings (SSSR count). The van der Waals surface area contributed by atoms with Crippen molar-refractivity contribution in [3.05, 3.63) is 88.1 Å². The van der Waals surface area contributed by atoms with Crippen molar-refractivity contribution in [2.24, 2.45) is 0 Å². The molecule has 0 unspecified atom stereocenters. The van der Waals surface area contributed by atoms with Crippen LogP contribution >= 0.6 is 11.3 Å². The molecule has 3 aromatic heterocycles. The predicted octanol–water partition coefficient (Wildman–Crippen LogP) is 4.88. The van der Waals surface area contributed by atoms with E-state index < -0.39 is 0 Å². The first kappa shape index (κ1) is 19.2. The lowest BCUT2D eigenvalue weighted by molar-refractivity contribution is 0.207. The van der Waals surface area contributed by atoms with E-state index in [1.165, 1.54) is 0 Å². The molecule has 0 saturated carbocycles. The molecular weight excluding hydrogens is 408 g/mol. The van der Waals surface area contributed by atoms with E-state index >= 15 is 0 Å². The zero-order valence-electron chi connectivity index (χ0n) is 16.9. The Morgan fingerprint density at radius 2 is 1.94 bits per heavy atom. The van der Waals surface area contributed by atoms with E-state index in [9.17, 15) is 4.79 Å². The van der Waals surface area contributed by atoms with E-state index in [1.807, 2.05) is 60.0 Å². The van der Waals surface area contributed by atoms with E-state index in [2.05, 4.69) is 39.9 Å². The van der Waals surface area contributed by atoms with Crippen molar-refractivity contribution in [1.29, 1.82) is 0 Å². The average Bonchev–Trinajstić information content (AvgIpc) is 3.46. The van der Waals surface area contributed by atoms with Crippen LogP contribution in [0.5, 0.6) is 0 Å². The van der Waals surface area contributed by atoms with Gasteiger partial charge in [0.05, 0.1) is 18.6 Å². The Balaban J connectivity index is 1.52. The lowest BCUT2D eigenvalue weighted by Crippen LogP contribution is -2.34. The summed E-state index contributed by atoms with van der Waals surface area (Å²) < 4.78 is 1.74. The zero-order chi connectivity index (χ0) is 21.2. The summed E-state index contributed by atoms with van der Waals surface area (Å²) in [5, 5.41) is 18.3. The molecule has 0 fully saturated rings. The molecule has 0 radical (unpaired) electrons. The molecule has 3 heterocycles. The van der Waals surface area contributed by atoms with Crippen molar-refractivity contribution in [1.82, 2.24) is 24.9 Å². The number of para-hydroxylation sites is 1. The molecule has 154 valence electrons. The van der Waals surface area contributed by atoms with Gasteiger partial charge in [-0.25, -0.2) is 4.79 Å². The summed E-state index contributed by atoms with van der Waals surface area (Å²) in [6, 6.07) is 21.6. The Morgan fingerprint density at radius 1 is 1.06 bits per heavy atom. The summed E-state index contributed by atoms with van der Waals surface area (Å²) in [4.78, 5) is 16.1. The third kappa shape index (κ3) is 3.97. The number of fused-ring (bicyclic) bond motifs is 3. The van der Waals surface area contributed by atoms with Crippen LogP contribution in [0.3, 0.4) is 0 Å². The molecule has 2 amide bonds. The molecule has 5 aromatic rings. The van der Waals surface area contributed by atoms with Gasteiger partial charge in [-0.15, -0.1) is 16.4 Å². The van der Waals surface area contributed by atoms with Crippen LogP contribution in [-0.4, -0.2) is 31.0 Å². The largest absolute Gasteiger partial charge is 0.322 e. The molecule has 0 aliphatic carbocycles. The molecule has 31 heavy (non-hydrogen) atoms. The summed E-state index contributed by atoms with van der Waals surface area (Å²) in [6.45, 7) is 2.93. The van der Waals surface area contributed by atoms with Gasteiger partial charge < -0.3 is 10.2 Å². The molecule has 1 N–H and O–H groups in total. The van der Waals surface area contributed by atoms with E-state index in [1.54, 1.807) is 20.8 Å². The minimum Gasteiger partial charge on any atom is -0.315 e. The topological polar surface area (TPSA) is 75.4 Å². The Labute approximate surface area is 182 Å². The maximum absolute atomic E-state index is 13.2. The van der Waals surface area contributed by atoms with Crippen LogP contribution in [-0.2, 0) is 13.1 Å². The van der Waals surface area contributed by atoms with Gasteiger partial charge in [-0.2, -0.15) is 4.52 Å². The van der Waals surface area contributed by atoms with E-state index in [0.29, 0.717) is 18.7 Å². The number of thiophene rings is 1. The van der Waals surface area contributed by atoms with Gasteiger partial charge in [-0.1, -0.05) is 35.9 Å². The van der Waals surface area contributed by atoms with Gasteiger partial charge in [0.1, 0.15) is 0 Å². The Hall–Kier alpha value is -3.78. The van der Waals surface area contributed by atoms with Crippen LogP contribution in [0.1, 0.15) is 16.0 Å². The molecule has 7 nitrogen and oxygen atoms in total. The normalized spacial score (nSPS) is 11.1. The molecule has 0 saturated heterocycles. The number of benzene rings is 2. The SMILES string of the molecule is Cc1ccc2c(c1)cc(CN(Cc1cccs1)C(=O)Nc1ccccc1)c1nnnn12. The van der Waals surface area contributed by atoms with Gasteiger partial charge in [-0.05, 0) is 59.1 Å². The standard InChI is InChI=1S/C23H20N6OS/c1-16-9-10-21-17(12-16)13-18(22-25-26-27-29(21)22)14-28(15-20-8-5-11-31-20)23(30)24-19-6-3-2-4-7-19/h2-13H,14-15H2,1H3,(H,24,30). The van der Waals surface area contributed by atoms with Gasteiger partial charge in [-0.3, -0.25) is 0 Å². The second-order valence-corrected chi connectivity index (χ2v) is 8.41. The fourth-order valence-corrected chi connectivity index (χ4v) is 4.34. The Bertz CT molecular complexity index is 1350. The van der Waals surface area contributed by atoms with E-state index in [4.69, 9.17) is 0 Å². The fraction of sp³-hybridized carbons (Fsp3) is 0.130. The van der Waals surface area contributed by atoms with Crippen molar-refractivity contribution >= 4 is 39.6 Å². The predicted molar refractivity (Wildman–Crippen MR) is 122 cm³/mol. The van der Waals surface area contributed by atoms with Gasteiger partial charge in [0, 0.05) is 21.5 Å². The number of tetrazole rings is 1. The monoisotopic (exact) mass is 428 g/mol. The first-order chi connectivity index (χ1) is 15.2. The van der Waals surface area contributed by atoms with Crippen LogP contribution < -0.4 is 5.32 Å². The Kier molecular flexibility index (Phi) is 5.05. The van der Waals surface area contributed by atoms with Crippen molar-refractivity contribution < 1.29 is 4.79 Å². The number of urea groups is 1. The number of hydrogen-bond donors (Lipinski definition) is 1. The van der Waals surface area contributed by atoms with Crippen molar-refractivity contribution in [3.63, 3.8) is 0 Å². The number of nitrogens with one attached hydrogen (secondary N) is 1. The number of aryl methyl sites for hydroxylation is 1. The fourth-order valence-electron chi connectivity index (χ4n) is 3.62. The van der Waals surface area contributed by atoms with Gasteiger partial charge >= 0.3 is 6.03 Å². The molecule has 0 aliphatic rings. The van der Waals surface area contributed by atoms with E-state index in [-0.39, 0.29) is 6.03 Å². The lowest BCUT2D eigenvalue weighted by atomic mass is 10.1. The van der Waals surface area contributed by atoms with Gasteiger partial charge in [0.15, 0.2) is 5.65 Å². The molecule has 8 heteroatoms. The third-order valence-corrected chi connectivity index (χ3v) is 5.96. The highest BCUT2D eigenvalue weighted by atomic mass is 32.1. The first-order valence-corrected chi connectivity index (χ1v) is 10.8. The maximum atomic E-state index is 13.2. The second kappa shape index (κ2) is 8.16. The van der Waals surface area contributed by atoms with Crippen molar-refractivity contribution in [3.8, 4) is 0 Å². The molecule has 0 atom stereocenters. The minimum atomic E-state index is -0.172. The summed E-state index contributed by atoms with van der Waals surface area (Å²) >= 11 is 1.63. The first-order valence-electron chi connectivity index (χ1n) is 9.91. The number of carbonyl (C=O) groups excluding carboxylic acids is 1. The lowest BCUT2D eigenvalue weighted by Gasteiger charge is -2.23. The van der Waals surface area contributed by atoms with Crippen LogP contribution in [0, 0.1) is 6.92 Å². The van der Waals surface area contributed by atoms with Crippen LogP contribution in [0.4, 0.5) is 10.5 Å². The maximum Gasteiger partial charge on any atom is 0.322 e. The molecule has 0 bridgehead atoms. The number of anilines is 1.